The molecule has 8 nitrogen and oxygen atoms in total. The van der Waals surface area contributed by atoms with Gasteiger partial charge in [-0.1, -0.05) is 43.1 Å². The van der Waals surface area contributed by atoms with Gasteiger partial charge in [0.2, 0.25) is 0 Å². The van der Waals surface area contributed by atoms with Crippen molar-refractivity contribution in [2.75, 3.05) is 19.4 Å². The third kappa shape index (κ3) is 4.84. The number of benzene rings is 2. The lowest BCUT2D eigenvalue weighted by Gasteiger charge is -2.15. The molecule has 1 aliphatic rings. The molecule has 0 aliphatic carbocycles. The molecule has 1 atom stereocenters. The minimum Gasteiger partial charge on any atom is -0.447 e. The standard InChI is InChI=1S/C23H22N4O4S/c1-26(2)14-18-9-8-16(13-24-18)21(28)27(32)23(29)25-17-10-11-19-20(12-17)31-22(30-19)15-6-4-3-5-7-15/h3-13,22,32H,14H2,1-2H3,(H,25,29). The van der Waals surface area contributed by atoms with Crippen LogP contribution >= 0.6 is 12.8 Å². The minimum absolute atomic E-state index is 0.258. The lowest BCUT2D eigenvalue weighted by atomic mass is 10.2. The molecular formula is C23H22N4O4S. The highest BCUT2D eigenvalue weighted by Crippen LogP contribution is 2.41. The van der Waals surface area contributed by atoms with Crippen molar-refractivity contribution in [3.05, 3.63) is 83.7 Å². The number of nitrogens with one attached hydrogen (secondary N) is 1. The second-order valence-corrected chi connectivity index (χ2v) is 7.86. The molecule has 1 aliphatic heterocycles. The molecule has 0 saturated carbocycles. The van der Waals surface area contributed by atoms with E-state index in [2.05, 4.69) is 23.1 Å². The Kier molecular flexibility index (Phi) is 6.29. The first-order chi connectivity index (χ1) is 15.4. The van der Waals surface area contributed by atoms with Gasteiger partial charge in [-0.3, -0.25) is 9.78 Å². The molecule has 2 heterocycles. The molecule has 164 valence electrons. The molecule has 1 unspecified atom stereocenters. The number of pyridine rings is 1. The van der Waals surface area contributed by atoms with Gasteiger partial charge in [-0.05, 0) is 38.4 Å². The first-order valence-corrected chi connectivity index (χ1v) is 10.3. The maximum Gasteiger partial charge on any atom is 0.338 e. The van der Waals surface area contributed by atoms with Crippen LogP contribution in [0.1, 0.15) is 27.9 Å². The Balaban J connectivity index is 1.39. The van der Waals surface area contributed by atoms with Crippen molar-refractivity contribution < 1.29 is 19.1 Å². The first-order valence-electron chi connectivity index (χ1n) is 9.87. The van der Waals surface area contributed by atoms with Crippen LogP contribution in [0.3, 0.4) is 0 Å². The van der Waals surface area contributed by atoms with Gasteiger partial charge < -0.3 is 19.7 Å². The maximum atomic E-state index is 12.6. The number of rotatable bonds is 5. The highest BCUT2D eigenvalue weighted by Gasteiger charge is 2.27. The van der Waals surface area contributed by atoms with E-state index in [0.29, 0.717) is 28.0 Å². The zero-order valence-electron chi connectivity index (χ0n) is 17.6. The van der Waals surface area contributed by atoms with Gasteiger partial charge in [0.1, 0.15) is 0 Å². The quantitative estimate of drug-likeness (QED) is 0.569. The van der Waals surface area contributed by atoms with Gasteiger partial charge in [0, 0.05) is 30.1 Å². The number of anilines is 1. The first kappa shape index (κ1) is 21.7. The Bertz CT molecular complexity index is 1120. The molecular weight excluding hydrogens is 428 g/mol. The second kappa shape index (κ2) is 9.29. The lowest BCUT2D eigenvalue weighted by molar-refractivity contribution is 0.0487. The molecule has 1 N–H and O–H groups in total. The number of thiol groups is 1. The Morgan fingerprint density at radius 1 is 1.03 bits per heavy atom. The van der Waals surface area contributed by atoms with Gasteiger partial charge in [0.15, 0.2) is 11.5 Å². The van der Waals surface area contributed by atoms with E-state index in [0.717, 1.165) is 11.3 Å². The molecule has 4 rings (SSSR count). The van der Waals surface area contributed by atoms with Gasteiger partial charge in [0.05, 0.1) is 11.3 Å². The fourth-order valence-corrected chi connectivity index (χ4v) is 3.30. The van der Waals surface area contributed by atoms with Crippen LogP contribution in [-0.4, -0.2) is 40.2 Å². The number of fused-ring (bicyclic) bond motifs is 1. The normalized spacial score (nSPS) is 14.3. The number of imide groups is 1. The third-order valence-corrected chi connectivity index (χ3v) is 5.03. The van der Waals surface area contributed by atoms with Crippen molar-refractivity contribution in [2.45, 2.75) is 12.8 Å². The van der Waals surface area contributed by atoms with E-state index < -0.39 is 18.2 Å². The van der Waals surface area contributed by atoms with Gasteiger partial charge in [-0.2, -0.15) is 0 Å². The van der Waals surface area contributed by atoms with Crippen LogP contribution in [0.5, 0.6) is 11.5 Å². The predicted octanol–water partition coefficient (Wildman–Crippen LogP) is 4.13. The third-order valence-electron chi connectivity index (χ3n) is 4.67. The molecule has 0 fully saturated rings. The summed E-state index contributed by atoms with van der Waals surface area (Å²) in [6.45, 7) is 0.648. The van der Waals surface area contributed by atoms with E-state index in [4.69, 9.17) is 9.47 Å². The molecule has 0 radical (unpaired) electrons. The summed E-state index contributed by atoms with van der Waals surface area (Å²) >= 11 is 4.07. The van der Waals surface area contributed by atoms with Crippen molar-refractivity contribution in [3.63, 3.8) is 0 Å². The maximum absolute atomic E-state index is 12.6. The molecule has 1 aromatic heterocycles. The van der Waals surface area contributed by atoms with Crippen molar-refractivity contribution in [3.8, 4) is 11.5 Å². The number of hydrogen-bond donors (Lipinski definition) is 2. The summed E-state index contributed by atoms with van der Waals surface area (Å²) in [5.74, 6) is 0.480. The Morgan fingerprint density at radius 3 is 2.47 bits per heavy atom. The number of hydrogen-bond acceptors (Lipinski definition) is 7. The SMILES string of the molecule is CN(C)Cc1ccc(C(=O)N(S)C(=O)Nc2ccc3c(c2)OC(c2ccccc2)O3)cn1. The number of carbonyl (C=O) groups excluding carboxylic acids is 2. The topological polar surface area (TPSA) is 84.0 Å². The van der Waals surface area contributed by atoms with Crippen LogP contribution in [0.25, 0.3) is 0 Å². The van der Waals surface area contributed by atoms with Crippen LogP contribution < -0.4 is 14.8 Å². The van der Waals surface area contributed by atoms with Crippen molar-refractivity contribution in [2.24, 2.45) is 0 Å². The van der Waals surface area contributed by atoms with Crippen molar-refractivity contribution >= 4 is 30.4 Å². The number of amides is 3. The molecule has 9 heteroatoms. The summed E-state index contributed by atoms with van der Waals surface area (Å²) < 4.78 is 12.4. The van der Waals surface area contributed by atoms with Crippen LogP contribution in [-0.2, 0) is 6.54 Å². The predicted molar refractivity (Wildman–Crippen MR) is 123 cm³/mol. The second-order valence-electron chi connectivity index (χ2n) is 7.46. The smallest absolute Gasteiger partial charge is 0.338 e. The van der Waals surface area contributed by atoms with Gasteiger partial charge in [0.25, 0.3) is 12.2 Å². The lowest BCUT2D eigenvalue weighted by Crippen LogP contribution is -2.32. The summed E-state index contributed by atoms with van der Waals surface area (Å²) in [5.41, 5.74) is 2.40. The van der Waals surface area contributed by atoms with Gasteiger partial charge in [-0.15, -0.1) is 0 Å². The Labute approximate surface area is 191 Å². The van der Waals surface area contributed by atoms with Gasteiger partial charge in [-0.25, -0.2) is 9.10 Å². The minimum atomic E-state index is -0.700. The van der Waals surface area contributed by atoms with Crippen LogP contribution in [0.2, 0.25) is 0 Å². The summed E-state index contributed by atoms with van der Waals surface area (Å²) in [7, 11) is 3.86. The van der Waals surface area contributed by atoms with E-state index in [9.17, 15) is 9.59 Å². The molecule has 0 saturated heterocycles. The fourth-order valence-electron chi connectivity index (χ4n) is 3.14. The zero-order chi connectivity index (χ0) is 22.7. The summed E-state index contributed by atoms with van der Waals surface area (Å²) in [4.78, 5) is 31.4. The molecule has 2 aromatic carbocycles. The monoisotopic (exact) mass is 450 g/mol. The van der Waals surface area contributed by atoms with E-state index in [1.165, 1.54) is 6.20 Å². The average molecular weight is 451 g/mol. The molecule has 3 amide bonds. The van der Waals surface area contributed by atoms with Gasteiger partial charge >= 0.3 is 6.03 Å². The van der Waals surface area contributed by atoms with Crippen molar-refractivity contribution in [1.82, 2.24) is 14.2 Å². The number of urea groups is 1. The largest absolute Gasteiger partial charge is 0.447 e. The average Bonchev–Trinajstić information content (AvgIpc) is 3.22. The van der Waals surface area contributed by atoms with Crippen LogP contribution in [0.15, 0.2) is 66.9 Å². The number of aromatic nitrogens is 1. The molecule has 0 spiro atoms. The van der Waals surface area contributed by atoms with Crippen LogP contribution in [0, 0.1) is 0 Å². The number of ether oxygens (including phenoxy) is 2. The Hall–Kier alpha value is -3.56. The molecule has 32 heavy (non-hydrogen) atoms. The molecule has 3 aromatic rings. The number of nitrogens with zero attached hydrogens (tertiary/aromatic N) is 3. The van der Waals surface area contributed by atoms with E-state index in [1.807, 2.05) is 49.3 Å². The van der Waals surface area contributed by atoms with Crippen LogP contribution in [0.4, 0.5) is 10.5 Å². The van der Waals surface area contributed by atoms with E-state index in [-0.39, 0.29) is 5.56 Å². The summed E-state index contributed by atoms with van der Waals surface area (Å²) in [6.07, 6.45) is 0.880. The summed E-state index contributed by atoms with van der Waals surface area (Å²) in [6, 6.07) is 17.2. The molecule has 0 bridgehead atoms. The summed E-state index contributed by atoms with van der Waals surface area (Å²) in [5, 5.41) is 2.64. The fraction of sp³-hybridized carbons (Fsp3) is 0.174. The highest BCUT2D eigenvalue weighted by molar-refractivity contribution is 7.79. The Morgan fingerprint density at radius 2 is 1.78 bits per heavy atom. The van der Waals surface area contributed by atoms with E-state index in [1.54, 1.807) is 30.3 Å². The van der Waals surface area contributed by atoms with Crippen molar-refractivity contribution in [1.29, 1.82) is 0 Å². The zero-order valence-corrected chi connectivity index (χ0v) is 18.5. The number of carbonyl (C=O) groups is 2. The van der Waals surface area contributed by atoms with E-state index >= 15 is 0 Å². The highest BCUT2D eigenvalue weighted by atomic mass is 32.1.